The van der Waals surface area contributed by atoms with Crippen LogP contribution in [0.15, 0.2) is 58.4 Å². The van der Waals surface area contributed by atoms with E-state index in [-0.39, 0.29) is 5.70 Å². The number of ether oxygens (including phenoxy) is 1. The topological polar surface area (TPSA) is 113 Å². The van der Waals surface area contributed by atoms with Crippen molar-refractivity contribution in [3.8, 4) is 0 Å². The van der Waals surface area contributed by atoms with Gasteiger partial charge >= 0.3 is 12.1 Å². The maximum Gasteiger partial charge on any atom is 0.408 e. The summed E-state index contributed by atoms with van der Waals surface area (Å²) in [5, 5.41) is 14.6. The van der Waals surface area contributed by atoms with Gasteiger partial charge in [-0.25, -0.2) is 14.6 Å². The molecule has 168 valence electrons. The number of aromatic nitrogens is 2. The van der Waals surface area contributed by atoms with Crippen LogP contribution in [-0.2, 0) is 14.3 Å². The number of carboxylic acids is 1. The van der Waals surface area contributed by atoms with E-state index in [0.717, 1.165) is 10.7 Å². The Bertz CT molecular complexity index is 1150. The number of thioether (sulfide) groups is 2. The zero-order chi connectivity index (χ0) is 23.0. The van der Waals surface area contributed by atoms with Gasteiger partial charge in [0, 0.05) is 18.1 Å². The number of carbonyl (C=O) groups excluding carboxylic acids is 2. The summed E-state index contributed by atoms with van der Waals surface area (Å²) < 4.78 is 7.14. The van der Waals surface area contributed by atoms with Crippen LogP contribution in [0.5, 0.6) is 0 Å². The second-order valence-corrected chi connectivity index (χ2v) is 10.2. The molecule has 9 nitrogen and oxygen atoms in total. The van der Waals surface area contributed by atoms with E-state index in [2.05, 4.69) is 10.3 Å². The number of carbonyl (C=O) groups is 3. The number of nitrogens with zero attached hydrogens (tertiary/aromatic N) is 3. The van der Waals surface area contributed by atoms with E-state index >= 15 is 0 Å². The van der Waals surface area contributed by atoms with Crippen LogP contribution in [0.25, 0.3) is 5.65 Å². The zero-order valence-electron chi connectivity index (χ0n) is 17.6. The van der Waals surface area contributed by atoms with Crippen LogP contribution in [0, 0.1) is 0 Å². The van der Waals surface area contributed by atoms with Gasteiger partial charge in [-0.2, -0.15) is 0 Å². The lowest BCUT2D eigenvalue weighted by Gasteiger charge is -2.49. The van der Waals surface area contributed by atoms with Crippen molar-refractivity contribution in [1.29, 1.82) is 0 Å². The Morgan fingerprint density at radius 2 is 2.16 bits per heavy atom. The molecule has 0 spiro atoms. The number of imidazole rings is 1. The minimum Gasteiger partial charge on any atom is -0.477 e. The van der Waals surface area contributed by atoms with Crippen molar-refractivity contribution >= 4 is 47.1 Å². The second-order valence-electron chi connectivity index (χ2n) is 8.15. The van der Waals surface area contributed by atoms with Crippen LogP contribution in [0.4, 0.5) is 4.79 Å². The van der Waals surface area contributed by atoms with E-state index in [9.17, 15) is 19.5 Å². The number of β-lactam (4-membered cyclic amide) rings is 1. The number of nitrogens with one attached hydrogen (secondary N) is 1. The predicted octanol–water partition coefficient (Wildman–Crippen LogP) is 3.09. The maximum absolute atomic E-state index is 12.7. The fourth-order valence-corrected chi connectivity index (χ4v) is 5.52. The predicted molar refractivity (Wildman–Crippen MR) is 121 cm³/mol. The first-order valence-corrected chi connectivity index (χ1v) is 11.7. The Balaban J connectivity index is 1.49. The van der Waals surface area contributed by atoms with E-state index in [1.54, 1.807) is 38.5 Å². The molecule has 4 heterocycles. The number of amides is 2. The largest absolute Gasteiger partial charge is 0.477 e. The fraction of sp³-hybridized carbons (Fsp3) is 0.333. The standard InChI is InChI=1S/C21H22N4O5S2/c1-21(2,3)30-20(29)23-15-17(26)25-16(19(27)28)12(11-32-18(15)25)7-10-31-14-6-4-5-13-22-8-9-24(13)14/h4-10,15,18H,11H2,1-3H3,(H,23,29)(H,27,28)/b10-7+/t15-,18+/m1/s1. The Morgan fingerprint density at radius 1 is 1.38 bits per heavy atom. The van der Waals surface area contributed by atoms with Crippen LogP contribution in [-0.4, -0.2) is 60.1 Å². The van der Waals surface area contributed by atoms with Gasteiger partial charge in [0.05, 0.1) is 5.03 Å². The van der Waals surface area contributed by atoms with Gasteiger partial charge in [0.25, 0.3) is 5.91 Å². The number of alkyl carbamates (subject to hydrolysis) is 1. The lowest BCUT2D eigenvalue weighted by molar-refractivity contribution is -0.149. The normalized spacial score (nSPS) is 21.0. The average Bonchev–Trinajstić information content (AvgIpc) is 3.20. The lowest BCUT2D eigenvalue weighted by Crippen LogP contribution is -2.70. The van der Waals surface area contributed by atoms with Crippen molar-refractivity contribution in [2.45, 2.75) is 42.8 Å². The van der Waals surface area contributed by atoms with E-state index in [4.69, 9.17) is 4.74 Å². The molecule has 2 aromatic heterocycles. The molecule has 0 aliphatic carbocycles. The zero-order valence-corrected chi connectivity index (χ0v) is 19.3. The number of allylic oxidation sites excluding steroid dienone is 1. The summed E-state index contributed by atoms with van der Waals surface area (Å²) in [5.74, 6) is -1.25. The average molecular weight is 475 g/mol. The van der Waals surface area contributed by atoms with Gasteiger partial charge in [0.1, 0.15) is 28.4 Å². The second kappa shape index (κ2) is 8.55. The molecule has 2 N–H and O–H groups in total. The van der Waals surface area contributed by atoms with Gasteiger partial charge in [-0.3, -0.25) is 14.1 Å². The van der Waals surface area contributed by atoms with Gasteiger partial charge in [-0.05, 0) is 50.0 Å². The molecule has 2 atom stereocenters. The monoisotopic (exact) mass is 474 g/mol. The van der Waals surface area contributed by atoms with Crippen molar-refractivity contribution < 1.29 is 24.2 Å². The van der Waals surface area contributed by atoms with Crippen molar-refractivity contribution in [2.24, 2.45) is 0 Å². The minimum atomic E-state index is -1.18. The molecule has 11 heteroatoms. The van der Waals surface area contributed by atoms with Crippen LogP contribution < -0.4 is 5.32 Å². The minimum absolute atomic E-state index is 0.0568. The molecule has 0 bridgehead atoms. The molecular formula is C21H22N4O5S2. The summed E-state index contributed by atoms with van der Waals surface area (Å²) in [6.07, 6.45) is 4.58. The summed E-state index contributed by atoms with van der Waals surface area (Å²) in [6, 6.07) is 4.92. The Morgan fingerprint density at radius 3 is 2.88 bits per heavy atom. The van der Waals surface area contributed by atoms with E-state index in [1.807, 2.05) is 28.8 Å². The summed E-state index contributed by atoms with van der Waals surface area (Å²) >= 11 is 2.83. The van der Waals surface area contributed by atoms with Crippen LogP contribution >= 0.6 is 23.5 Å². The first-order chi connectivity index (χ1) is 15.2. The summed E-state index contributed by atoms with van der Waals surface area (Å²) in [6.45, 7) is 5.18. The van der Waals surface area contributed by atoms with Gasteiger partial charge < -0.3 is 15.2 Å². The molecule has 2 amide bonds. The number of aliphatic carboxylic acids is 1. The number of carboxylic acid groups (broad SMARTS) is 1. The number of hydrogen-bond acceptors (Lipinski definition) is 7. The molecule has 2 aliphatic heterocycles. The molecule has 0 unspecified atom stereocenters. The van der Waals surface area contributed by atoms with E-state index in [1.165, 1.54) is 28.4 Å². The lowest BCUT2D eigenvalue weighted by atomic mass is 10.0. The van der Waals surface area contributed by atoms with Crippen molar-refractivity contribution in [1.82, 2.24) is 19.6 Å². The van der Waals surface area contributed by atoms with Crippen LogP contribution in [0.2, 0.25) is 0 Å². The molecule has 32 heavy (non-hydrogen) atoms. The highest BCUT2D eigenvalue weighted by Gasteiger charge is 2.54. The third-order valence-corrected chi connectivity index (χ3v) is 6.87. The first kappa shape index (κ1) is 22.3. The van der Waals surface area contributed by atoms with Crippen molar-refractivity contribution in [2.75, 3.05) is 5.75 Å². The molecule has 4 rings (SSSR count). The molecule has 1 fully saturated rings. The highest BCUT2D eigenvalue weighted by molar-refractivity contribution is 8.02. The molecule has 0 radical (unpaired) electrons. The van der Waals surface area contributed by atoms with Crippen LogP contribution in [0.1, 0.15) is 20.8 Å². The Kier molecular flexibility index (Phi) is 5.95. The smallest absolute Gasteiger partial charge is 0.408 e. The first-order valence-electron chi connectivity index (χ1n) is 9.81. The van der Waals surface area contributed by atoms with Gasteiger partial charge in [0.15, 0.2) is 0 Å². The summed E-state index contributed by atoms with van der Waals surface area (Å²) in [7, 11) is 0. The Labute approximate surface area is 192 Å². The molecule has 0 saturated carbocycles. The molecular weight excluding hydrogens is 452 g/mol. The fourth-order valence-electron chi connectivity index (χ4n) is 3.41. The molecule has 0 aromatic carbocycles. The van der Waals surface area contributed by atoms with Crippen molar-refractivity contribution in [3.63, 3.8) is 0 Å². The number of hydrogen-bond donors (Lipinski definition) is 2. The van der Waals surface area contributed by atoms with Gasteiger partial charge in [0.2, 0.25) is 0 Å². The van der Waals surface area contributed by atoms with Crippen LogP contribution in [0.3, 0.4) is 0 Å². The number of pyridine rings is 1. The Hall–Kier alpha value is -2.92. The summed E-state index contributed by atoms with van der Waals surface area (Å²) in [4.78, 5) is 42.2. The summed E-state index contributed by atoms with van der Waals surface area (Å²) in [5.41, 5.74) is 0.602. The molecule has 1 saturated heterocycles. The third kappa shape index (κ3) is 4.35. The van der Waals surface area contributed by atoms with Gasteiger partial charge in [-0.15, -0.1) is 11.8 Å². The molecule has 2 aliphatic rings. The van der Waals surface area contributed by atoms with E-state index in [0.29, 0.717) is 11.3 Å². The van der Waals surface area contributed by atoms with E-state index < -0.39 is 35.0 Å². The van der Waals surface area contributed by atoms with Gasteiger partial charge in [-0.1, -0.05) is 17.8 Å². The third-order valence-electron chi connectivity index (χ3n) is 4.72. The quantitative estimate of drug-likeness (QED) is 0.502. The number of fused-ring (bicyclic) bond motifs is 2. The highest BCUT2D eigenvalue weighted by Crippen LogP contribution is 2.41. The number of rotatable bonds is 5. The highest BCUT2D eigenvalue weighted by atomic mass is 32.2. The van der Waals surface area contributed by atoms with Crippen molar-refractivity contribution in [3.05, 3.63) is 53.3 Å². The maximum atomic E-state index is 12.7. The SMILES string of the molecule is CC(C)(C)OC(=O)N[C@@H]1C(=O)N2C(C(=O)O)=C(/C=C/Sc3cccc4nccn34)CS[C@@H]12. The molecule has 2 aromatic rings.